The molecule has 1 heterocycles. The van der Waals surface area contributed by atoms with Crippen LogP contribution in [-0.2, 0) is 0 Å². The van der Waals surface area contributed by atoms with Gasteiger partial charge in [-0.2, -0.15) is 4.98 Å². The van der Waals surface area contributed by atoms with Crippen LogP contribution in [0.1, 0.15) is 39.5 Å². The van der Waals surface area contributed by atoms with Gasteiger partial charge in [-0.1, -0.05) is 6.92 Å². The summed E-state index contributed by atoms with van der Waals surface area (Å²) in [5.74, 6) is 1.58. The van der Waals surface area contributed by atoms with E-state index in [2.05, 4.69) is 43.5 Å². The molecule has 1 aliphatic carbocycles. The Balaban J connectivity index is 2.16. The van der Waals surface area contributed by atoms with Crippen LogP contribution >= 0.6 is 15.9 Å². The quantitative estimate of drug-likeness (QED) is 0.874. The zero-order valence-corrected chi connectivity index (χ0v) is 12.0. The Labute approximate surface area is 111 Å². The summed E-state index contributed by atoms with van der Waals surface area (Å²) in [4.78, 5) is 8.72. The van der Waals surface area contributed by atoms with Gasteiger partial charge >= 0.3 is 0 Å². The van der Waals surface area contributed by atoms with Crippen molar-refractivity contribution in [3.63, 3.8) is 0 Å². The van der Waals surface area contributed by atoms with Gasteiger partial charge in [-0.3, -0.25) is 0 Å². The van der Waals surface area contributed by atoms with Gasteiger partial charge in [0.2, 0.25) is 5.95 Å². The first-order valence-electron chi connectivity index (χ1n) is 6.24. The van der Waals surface area contributed by atoms with Crippen molar-refractivity contribution in [1.82, 2.24) is 9.97 Å². The van der Waals surface area contributed by atoms with Crippen molar-refractivity contribution >= 4 is 27.7 Å². The Morgan fingerprint density at radius 1 is 1.41 bits per heavy atom. The summed E-state index contributed by atoms with van der Waals surface area (Å²) in [6.07, 6.45) is 6.71. The van der Waals surface area contributed by atoms with E-state index in [0.29, 0.717) is 5.95 Å². The lowest BCUT2D eigenvalue weighted by molar-refractivity contribution is 0.268. The lowest BCUT2D eigenvalue weighted by Gasteiger charge is -2.42. The standard InChI is InChI=1S/C12H19BrN4/c1-3-12(6-5-7-12)17-10-9(13)8-15-11(16-10)14-4-2/h8H,3-7H2,1-2H3,(H2,14,15,16,17). The number of aromatic nitrogens is 2. The largest absolute Gasteiger partial charge is 0.364 e. The maximum Gasteiger partial charge on any atom is 0.224 e. The number of hydrogen-bond acceptors (Lipinski definition) is 4. The third-order valence-corrected chi connectivity index (χ3v) is 4.03. The van der Waals surface area contributed by atoms with Crippen LogP contribution in [0, 0.1) is 0 Å². The van der Waals surface area contributed by atoms with Crippen LogP contribution in [0.4, 0.5) is 11.8 Å². The minimum atomic E-state index is 0.250. The molecule has 1 aromatic rings. The summed E-state index contributed by atoms with van der Waals surface area (Å²) >= 11 is 3.50. The van der Waals surface area contributed by atoms with Crippen molar-refractivity contribution in [2.24, 2.45) is 0 Å². The predicted octanol–water partition coefficient (Wildman–Crippen LogP) is 3.42. The van der Waals surface area contributed by atoms with Gasteiger partial charge in [0.25, 0.3) is 0 Å². The number of halogens is 1. The minimum absolute atomic E-state index is 0.250. The summed E-state index contributed by atoms with van der Waals surface area (Å²) in [6.45, 7) is 5.10. The van der Waals surface area contributed by atoms with Crippen molar-refractivity contribution in [3.05, 3.63) is 10.7 Å². The molecule has 0 saturated heterocycles. The molecule has 0 aliphatic heterocycles. The molecule has 94 valence electrons. The number of nitrogens with zero attached hydrogens (tertiary/aromatic N) is 2. The van der Waals surface area contributed by atoms with Crippen molar-refractivity contribution < 1.29 is 0 Å². The van der Waals surface area contributed by atoms with Crippen LogP contribution in [0.2, 0.25) is 0 Å². The van der Waals surface area contributed by atoms with Gasteiger partial charge in [-0.25, -0.2) is 4.98 Å². The van der Waals surface area contributed by atoms with Crippen LogP contribution in [-0.4, -0.2) is 22.1 Å². The number of hydrogen-bond donors (Lipinski definition) is 2. The molecular formula is C12H19BrN4. The molecule has 1 aromatic heterocycles. The summed E-state index contributed by atoms with van der Waals surface area (Å²) in [5.41, 5.74) is 0.250. The van der Waals surface area contributed by atoms with Crippen molar-refractivity contribution in [1.29, 1.82) is 0 Å². The summed E-state index contributed by atoms with van der Waals surface area (Å²) in [7, 11) is 0. The molecule has 0 spiro atoms. The molecule has 1 aliphatic rings. The highest BCUT2D eigenvalue weighted by molar-refractivity contribution is 9.10. The fourth-order valence-corrected chi connectivity index (χ4v) is 2.41. The van der Waals surface area contributed by atoms with Gasteiger partial charge in [0.1, 0.15) is 5.82 Å². The van der Waals surface area contributed by atoms with Crippen molar-refractivity contribution in [2.45, 2.75) is 45.1 Å². The van der Waals surface area contributed by atoms with Crippen molar-refractivity contribution in [2.75, 3.05) is 17.2 Å². The average molecular weight is 299 g/mol. The normalized spacial score (nSPS) is 17.4. The van der Waals surface area contributed by atoms with E-state index in [9.17, 15) is 0 Å². The average Bonchev–Trinajstić information content (AvgIpc) is 2.28. The molecule has 0 aromatic carbocycles. The topological polar surface area (TPSA) is 49.8 Å². The zero-order valence-electron chi connectivity index (χ0n) is 10.4. The second-order valence-electron chi connectivity index (χ2n) is 4.53. The zero-order chi connectivity index (χ0) is 12.3. The molecule has 4 nitrogen and oxygen atoms in total. The molecule has 0 atom stereocenters. The van der Waals surface area contributed by atoms with E-state index in [4.69, 9.17) is 0 Å². The maximum atomic E-state index is 4.50. The van der Waals surface area contributed by atoms with E-state index in [0.717, 1.165) is 23.3 Å². The molecule has 0 amide bonds. The first-order valence-corrected chi connectivity index (χ1v) is 7.03. The second-order valence-corrected chi connectivity index (χ2v) is 5.39. The molecule has 0 unspecified atom stereocenters. The lowest BCUT2D eigenvalue weighted by atomic mass is 9.75. The van der Waals surface area contributed by atoms with Gasteiger partial charge in [-0.05, 0) is 48.5 Å². The van der Waals surface area contributed by atoms with E-state index >= 15 is 0 Å². The van der Waals surface area contributed by atoms with Gasteiger partial charge < -0.3 is 10.6 Å². The summed E-state index contributed by atoms with van der Waals surface area (Å²) in [5, 5.41) is 6.70. The lowest BCUT2D eigenvalue weighted by Crippen LogP contribution is -2.44. The monoisotopic (exact) mass is 298 g/mol. The molecule has 0 bridgehead atoms. The Hall–Kier alpha value is -0.840. The molecule has 1 fully saturated rings. The van der Waals surface area contributed by atoms with Crippen LogP contribution in [0.3, 0.4) is 0 Å². The summed E-state index contributed by atoms with van der Waals surface area (Å²) < 4.78 is 0.930. The highest BCUT2D eigenvalue weighted by Crippen LogP contribution is 2.38. The highest BCUT2D eigenvalue weighted by atomic mass is 79.9. The van der Waals surface area contributed by atoms with Crippen LogP contribution in [0.15, 0.2) is 10.7 Å². The van der Waals surface area contributed by atoms with E-state index in [1.165, 1.54) is 19.3 Å². The smallest absolute Gasteiger partial charge is 0.224 e. The van der Waals surface area contributed by atoms with Gasteiger partial charge in [-0.15, -0.1) is 0 Å². The van der Waals surface area contributed by atoms with E-state index < -0.39 is 0 Å². The van der Waals surface area contributed by atoms with E-state index in [1.54, 1.807) is 6.20 Å². The van der Waals surface area contributed by atoms with Gasteiger partial charge in [0.15, 0.2) is 0 Å². The highest BCUT2D eigenvalue weighted by Gasteiger charge is 2.35. The molecule has 17 heavy (non-hydrogen) atoms. The SMILES string of the molecule is CCNc1ncc(Br)c(NC2(CC)CCC2)n1. The third-order valence-electron chi connectivity index (χ3n) is 3.45. The van der Waals surface area contributed by atoms with Crippen molar-refractivity contribution in [3.8, 4) is 0 Å². The Morgan fingerprint density at radius 2 is 2.18 bits per heavy atom. The Bertz CT molecular complexity index is 385. The fourth-order valence-electron chi connectivity index (χ4n) is 2.12. The predicted molar refractivity (Wildman–Crippen MR) is 74.4 cm³/mol. The van der Waals surface area contributed by atoms with E-state index in [-0.39, 0.29) is 5.54 Å². The van der Waals surface area contributed by atoms with Gasteiger partial charge in [0, 0.05) is 18.3 Å². The first-order chi connectivity index (χ1) is 8.19. The molecule has 1 saturated carbocycles. The molecule has 2 N–H and O–H groups in total. The Morgan fingerprint density at radius 3 is 2.71 bits per heavy atom. The first kappa shape index (κ1) is 12.6. The number of rotatable bonds is 5. The molecule has 0 radical (unpaired) electrons. The molecular weight excluding hydrogens is 280 g/mol. The third kappa shape index (κ3) is 2.70. The molecule has 5 heteroatoms. The number of nitrogens with one attached hydrogen (secondary N) is 2. The van der Waals surface area contributed by atoms with Crippen LogP contribution in [0.5, 0.6) is 0 Å². The Kier molecular flexibility index (Phi) is 3.86. The van der Waals surface area contributed by atoms with Gasteiger partial charge in [0.05, 0.1) is 4.47 Å². The second kappa shape index (κ2) is 5.21. The number of anilines is 2. The van der Waals surface area contributed by atoms with Crippen LogP contribution in [0.25, 0.3) is 0 Å². The van der Waals surface area contributed by atoms with Crippen LogP contribution < -0.4 is 10.6 Å². The maximum absolute atomic E-state index is 4.50. The minimum Gasteiger partial charge on any atom is -0.364 e. The fraction of sp³-hybridized carbons (Fsp3) is 0.667. The summed E-state index contributed by atoms with van der Waals surface area (Å²) in [6, 6.07) is 0. The van der Waals surface area contributed by atoms with E-state index in [1.807, 2.05) is 6.92 Å². The molecule has 2 rings (SSSR count).